The molecule has 0 atom stereocenters. The van der Waals surface area contributed by atoms with E-state index < -0.39 is 0 Å². The third kappa shape index (κ3) is 3.93. The fraction of sp³-hybridized carbons (Fsp3) is 0.550. The lowest BCUT2D eigenvalue weighted by Gasteiger charge is -2.43. The number of hydroxylamine groups is 2. The molecule has 1 aromatic rings. The van der Waals surface area contributed by atoms with Gasteiger partial charge in [-0.1, -0.05) is 29.8 Å². The molecule has 2 aliphatic rings. The number of amides is 1. The van der Waals surface area contributed by atoms with E-state index in [1.165, 1.54) is 11.6 Å². The van der Waals surface area contributed by atoms with Crippen LogP contribution in [-0.4, -0.2) is 41.0 Å². The Kier molecular flexibility index (Phi) is 5.54. The van der Waals surface area contributed by atoms with Gasteiger partial charge in [0.15, 0.2) is 0 Å². The van der Waals surface area contributed by atoms with Crippen molar-refractivity contribution >= 4 is 5.91 Å². The summed E-state index contributed by atoms with van der Waals surface area (Å²) in [5, 5.41) is 1.57. The lowest BCUT2D eigenvalue weighted by atomic mass is 9.86. The molecule has 2 fully saturated rings. The highest BCUT2D eigenvalue weighted by molar-refractivity contribution is 5.78. The van der Waals surface area contributed by atoms with E-state index in [9.17, 15) is 9.18 Å². The molecule has 5 heteroatoms. The van der Waals surface area contributed by atoms with Crippen LogP contribution in [0.25, 0.3) is 0 Å². The van der Waals surface area contributed by atoms with Crippen LogP contribution >= 0.6 is 0 Å². The molecule has 0 radical (unpaired) electrons. The summed E-state index contributed by atoms with van der Waals surface area (Å²) in [4.78, 5) is 20.6. The van der Waals surface area contributed by atoms with Crippen molar-refractivity contribution in [1.82, 2.24) is 9.96 Å². The molecule has 3 rings (SSSR count). The third-order valence-electron chi connectivity index (χ3n) is 5.52. The van der Waals surface area contributed by atoms with Gasteiger partial charge >= 0.3 is 0 Å². The van der Waals surface area contributed by atoms with Crippen LogP contribution in [-0.2, 0) is 16.2 Å². The quantitative estimate of drug-likeness (QED) is 0.763. The van der Waals surface area contributed by atoms with Gasteiger partial charge in [0.05, 0.1) is 5.54 Å². The van der Waals surface area contributed by atoms with E-state index in [-0.39, 0.29) is 23.9 Å². The molecule has 0 unspecified atom stereocenters. The van der Waals surface area contributed by atoms with Crippen molar-refractivity contribution in [3.8, 4) is 0 Å². The first-order valence-electron chi connectivity index (χ1n) is 9.07. The van der Waals surface area contributed by atoms with Gasteiger partial charge in [0.1, 0.15) is 12.4 Å². The van der Waals surface area contributed by atoms with Gasteiger partial charge in [-0.3, -0.25) is 14.5 Å². The Morgan fingerprint density at radius 2 is 2.00 bits per heavy atom. The number of allylic oxidation sites excluding steroid dienone is 1. The van der Waals surface area contributed by atoms with Gasteiger partial charge in [0, 0.05) is 31.6 Å². The molecule has 0 aliphatic carbocycles. The molecular weight excluding hydrogens is 319 g/mol. The summed E-state index contributed by atoms with van der Waals surface area (Å²) in [5.74, 6) is -0.269. The maximum Gasteiger partial charge on any atom is 0.246 e. The Labute approximate surface area is 149 Å². The van der Waals surface area contributed by atoms with Crippen molar-refractivity contribution in [3.63, 3.8) is 0 Å². The van der Waals surface area contributed by atoms with Crippen molar-refractivity contribution < 1.29 is 14.0 Å². The van der Waals surface area contributed by atoms with Crippen LogP contribution in [0.5, 0.6) is 0 Å². The van der Waals surface area contributed by atoms with Gasteiger partial charge in [-0.15, -0.1) is 0 Å². The monoisotopic (exact) mass is 346 g/mol. The van der Waals surface area contributed by atoms with Crippen molar-refractivity contribution in [3.05, 3.63) is 47.3 Å². The highest BCUT2D eigenvalue weighted by atomic mass is 19.1. The molecular formula is C20H27FN2O2. The van der Waals surface area contributed by atoms with Gasteiger partial charge in [0.2, 0.25) is 5.91 Å². The fourth-order valence-electron chi connectivity index (χ4n) is 3.79. The second-order valence-corrected chi connectivity index (χ2v) is 7.19. The second kappa shape index (κ2) is 7.67. The number of benzene rings is 1. The average molecular weight is 346 g/mol. The molecule has 0 aromatic heterocycles. The summed E-state index contributed by atoms with van der Waals surface area (Å²) in [6, 6.07) is 6.56. The highest BCUT2D eigenvalue weighted by Gasteiger charge is 2.48. The zero-order chi connectivity index (χ0) is 17.9. The van der Waals surface area contributed by atoms with Crippen molar-refractivity contribution in [2.75, 3.05) is 19.6 Å². The highest BCUT2D eigenvalue weighted by Crippen LogP contribution is 2.39. The van der Waals surface area contributed by atoms with Crippen LogP contribution in [0.4, 0.5) is 4.39 Å². The molecule has 0 saturated carbocycles. The first kappa shape index (κ1) is 18.1. The minimum Gasteiger partial charge on any atom is -0.299 e. The third-order valence-corrected chi connectivity index (χ3v) is 5.52. The predicted molar refractivity (Wildman–Crippen MR) is 95.1 cm³/mol. The van der Waals surface area contributed by atoms with Crippen molar-refractivity contribution in [2.24, 2.45) is 0 Å². The topological polar surface area (TPSA) is 32.8 Å². The van der Waals surface area contributed by atoms with E-state index in [2.05, 4.69) is 24.8 Å². The molecule has 25 heavy (non-hydrogen) atoms. The summed E-state index contributed by atoms with van der Waals surface area (Å²) in [6.45, 7) is 7.20. The van der Waals surface area contributed by atoms with Crippen LogP contribution < -0.4 is 0 Å². The zero-order valence-electron chi connectivity index (χ0n) is 15.1. The van der Waals surface area contributed by atoms with Gasteiger partial charge in [-0.05, 0) is 39.2 Å². The Morgan fingerprint density at radius 3 is 2.68 bits per heavy atom. The molecule has 4 nitrogen and oxygen atoms in total. The number of piperidine rings is 1. The molecule has 2 heterocycles. The van der Waals surface area contributed by atoms with Gasteiger partial charge < -0.3 is 0 Å². The van der Waals surface area contributed by atoms with E-state index in [1.54, 1.807) is 23.3 Å². The Hall–Kier alpha value is -1.72. The van der Waals surface area contributed by atoms with Crippen LogP contribution in [0, 0.1) is 5.82 Å². The van der Waals surface area contributed by atoms with Gasteiger partial charge in [-0.2, -0.15) is 0 Å². The van der Waals surface area contributed by atoms with Crippen LogP contribution in [0.3, 0.4) is 0 Å². The first-order chi connectivity index (χ1) is 12.0. The summed E-state index contributed by atoms with van der Waals surface area (Å²) >= 11 is 0. The molecule has 1 aromatic carbocycles. The number of carbonyl (C=O) groups excluding carboxylic acids is 1. The summed E-state index contributed by atoms with van der Waals surface area (Å²) < 4.78 is 13.8. The molecule has 0 bridgehead atoms. The summed E-state index contributed by atoms with van der Waals surface area (Å²) in [7, 11) is 0. The second-order valence-electron chi connectivity index (χ2n) is 7.19. The Bertz CT molecular complexity index is 651. The largest absolute Gasteiger partial charge is 0.299 e. The summed E-state index contributed by atoms with van der Waals surface area (Å²) in [6.07, 6.45) is 5.32. The number of rotatable bonds is 5. The van der Waals surface area contributed by atoms with Gasteiger partial charge in [0.25, 0.3) is 0 Å². The fourth-order valence-corrected chi connectivity index (χ4v) is 3.79. The zero-order valence-corrected chi connectivity index (χ0v) is 15.1. The molecule has 1 amide bonds. The Morgan fingerprint density at radius 1 is 1.28 bits per heavy atom. The van der Waals surface area contributed by atoms with Gasteiger partial charge in [-0.25, -0.2) is 9.45 Å². The van der Waals surface area contributed by atoms with Crippen LogP contribution in [0.2, 0.25) is 0 Å². The maximum atomic E-state index is 13.8. The normalized spacial score (nSPS) is 21.3. The van der Waals surface area contributed by atoms with E-state index in [1.807, 2.05) is 0 Å². The Balaban J connectivity index is 1.63. The number of hydrogen-bond acceptors (Lipinski definition) is 3. The molecule has 1 spiro atoms. The minimum absolute atomic E-state index is 0.0226. The number of likely N-dealkylation sites (tertiary alicyclic amines) is 1. The number of hydrogen-bond donors (Lipinski definition) is 0. The maximum absolute atomic E-state index is 13.8. The first-order valence-corrected chi connectivity index (χ1v) is 9.07. The SMILES string of the molecule is C/C=C(\C)CN1CCC2(CCC(=O)N2OCc2ccccc2F)CC1. The number of carbonyl (C=O) groups is 1. The number of halogens is 1. The lowest BCUT2D eigenvalue weighted by Crippen LogP contribution is -2.53. The van der Waals surface area contributed by atoms with E-state index in [0.29, 0.717) is 12.0 Å². The van der Waals surface area contributed by atoms with E-state index in [0.717, 1.165) is 38.9 Å². The molecule has 0 N–H and O–H groups in total. The average Bonchev–Trinajstić information content (AvgIpc) is 2.92. The molecule has 2 aliphatic heterocycles. The number of nitrogens with zero attached hydrogens (tertiary/aromatic N) is 2. The standard InChI is InChI=1S/C20H27FN2O2/c1-3-16(2)14-22-12-10-20(11-13-22)9-8-19(24)23(20)25-15-17-6-4-5-7-18(17)21/h3-7H,8-15H2,1-2H3/b16-3+. The molecule has 136 valence electrons. The van der Waals surface area contributed by atoms with Crippen LogP contribution in [0.15, 0.2) is 35.9 Å². The summed E-state index contributed by atoms with van der Waals surface area (Å²) in [5.41, 5.74) is 1.63. The molecule has 2 saturated heterocycles. The van der Waals surface area contributed by atoms with Crippen molar-refractivity contribution in [1.29, 1.82) is 0 Å². The van der Waals surface area contributed by atoms with Crippen LogP contribution in [0.1, 0.15) is 45.1 Å². The predicted octanol–water partition coefficient (Wildman–Crippen LogP) is 3.68. The van der Waals surface area contributed by atoms with E-state index >= 15 is 0 Å². The van der Waals surface area contributed by atoms with Crippen molar-refractivity contribution in [2.45, 2.75) is 51.7 Å². The lowest BCUT2D eigenvalue weighted by molar-refractivity contribution is -0.222. The van der Waals surface area contributed by atoms with E-state index in [4.69, 9.17) is 4.84 Å². The smallest absolute Gasteiger partial charge is 0.246 e. The minimum atomic E-state index is -0.292.